The molecule has 0 spiro atoms. The van der Waals surface area contributed by atoms with Crippen LogP contribution in [0.3, 0.4) is 0 Å². The number of rotatable bonds is 6. The number of aldehydes is 1. The van der Waals surface area contributed by atoms with Gasteiger partial charge in [-0.3, -0.25) is 9.59 Å². The fourth-order valence-corrected chi connectivity index (χ4v) is 1.54. The number of benzene rings is 1. The molecule has 1 unspecified atom stereocenters. The zero-order valence-corrected chi connectivity index (χ0v) is 11.6. The van der Waals surface area contributed by atoms with Gasteiger partial charge in [0.15, 0.2) is 23.9 Å². The van der Waals surface area contributed by atoms with Crippen LogP contribution in [0.1, 0.15) is 31.1 Å². The van der Waals surface area contributed by atoms with Crippen LogP contribution in [0, 0.1) is 0 Å². The van der Waals surface area contributed by atoms with E-state index in [0.717, 1.165) is 0 Å². The molecule has 0 bridgehead atoms. The number of carbonyl (C=O) groups excluding carboxylic acids is 2. The van der Waals surface area contributed by atoms with Crippen molar-refractivity contribution in [2.45, 2.75) is 32.9 Å². The number of carbonyl (C=O) groups is 2. The van der Waals surface area contributed by atoms with E-state index in [0.29, 0.717) is 17.6 Å². The van der Waals surface area contributed by atoms with Crippen molar-refractivity contribution < 1.29 is 19.1 Å². The maximum atomic E-state index is 11.8. The van der Waals surface area contributed by atoms with Crippen molar-refractivity contribution in [3.05, 3.63) is 23.8 Å². The predicted octanol–water partition coefficient (Wildman–Crippen LogP) is 1.80. The van der Waals surface area contributed by atoms with E-state index in [9.17, 15) is 9.59 Å². The zero-order chi connectivity index (χ0) is 14.4. The van der Waals surface area contributed by atoms with Crippen molar-refractivity contribution in [1.29, 1.82) is 0 Å². The van der Waals surface area contributed by atoms with E-state index < -0.39 is 6.10 Å². The molecular weight excluding hydrogens is 246 g/mol. The Kier molecular flexibility index (Phi) is 5.36. The molecule has 19 heavy (non-hydrogen) atoms. The second-order valence-corrected chi connectivity index (χ2v) is 4.42. The number of hydrogen-bond donors (Lipinski definition) is 1. The van der Waals surface area contributed by atoms with Crippen LogP contribution in [0.4, 0.5) is 0 Å². The lowest BCUT2D eigenvalue weighted by molar-refractivity contribution is -0.127. The van der Waals surface area contributed by atoms with E-state index in [1.165, 1.54) is 7.11 Å². The standard InChI is InChI=1S/C14H19NO4/c1-9(2)15-14(17)10(3)19-13-11(8-16)6-5-7-12(13)18-4/h5-10H,1-4H3,(H,15,17). The zero-order valence-electron chi connectivity index (χ0n) is 11.6. The highest BCUT2D eigenvalue weighted by Crippen LogP contribution is 2.30. The lowest BCUT2D eigenvalue weighted by Gasteiger charge is -2.19. The van der Waals surface area contributed by atoms with Crippen molar-refractivity contribution in [3.8, 4) is 11.5 Å². The molecule has 0 fully saturated rings. The number of ether oxygens (including phenoxy) is 2. The van der Waals surface area contributed by atoms with Gasteiger partial charge in [0.2, 0.25) is 0 Å². The number of methoxy groups -OCH3 is 1. The summed E-state index contributed by atoms with van der Waals surface area (Å²) >= 11 is 0. The Morgan fingerprint density at radius 3 is 2.53 bits per heavy atom. The van der Waals surface area contributed by atoms with Crippen molar-refractivity contribution in [1.82, 2.24) is 5.32 Å². The molecule has 1 N–H and O–H groups in total. The minimum atomic E-state index is -0.711. The molecule has 0 heterocycles. The molecule has 0 aliphatic rings. The Bertz CT molecular complexity index is 457. The smallest absolute Gasteiger partial charge is 0.260 e. The van der Waals surface area contributed by atoms with Crippen LogP contribution in [0.15, 0.2) is 18.2 Å². The summed E-state index contributed by atoms with van der Waals surface area (Å²) in [5, 5.41) is 2.74. The quantitative estimate of drug-likeness (QED) is 0.797. The fraction of sp³-hybridized carbons (Fsp3) is 0.429. The van der Waals surface area contributed by atoms with Crippen LogP contribution in [0.2, 0.25) is 0 Å². The lowest BCUT2D eigenvalue weighted by Crippen LogP contribution is -2.40. The minimum Gasteiger partial charge on any atom is -0.493 e. The minimum absolute atomic E-state index is 0.0294. The summed E-state index contributed by atoms with van der Waals surface area (Å²) in [7, 11) is 1.48. The summed E-state index contributed by atoms with van der Waals surface area (Å²) < 4.78 is 10.7. The van der Waals surface area contributed by atoms with Crippen molar-refractivity contribution in [2.75, 3.05) is 7.11 Å². The predicted molar refractivity (Wildman–Crippen MR) is 71.8 cm³/mol. The highest BCUT2D eigenvalue weighted by Gasteiger charge is 2.19. The molecule has 0 saturated carbocycles. The van der Waals surface area contributed by atoms with Gasteiger partial charge in [-0.25, -0.2) is 0 Å². The number of nitrogens with one attached hydrogen (secondary N) is 1. The van der Waals surface area contributed by atoms with Crippen LogP contribution in [-0.4, -0.2) is 31.4 Å². The summed E-state index contributed by atoms with van der Waals surface area (Å²) in [6, 6.07) is 5.00. The second kappa shape index (κ2) is 6.78. The third-order valence-corrected chi connectivity index (χ3v) is 2.45. The van der Waals surface area contributed by atoms with Gasteiger partial charge in [0.05, 0.1) is 12.7 Å². The second-order valence-electron chi connectivity index (χ2n) is 4.42. The molecular formula is C14H19NO4. The molecule has 5 nitrogen and oxygen atoms in total. The maximum absolute atomic E-state index is 11.8. The molecule has 1 amide bonds. The molecule has 0 aromatic heterocycles. The van der Waals surface area contributed by atoms with Crippen molar-refractivity contribution in [2.24, 2.45) is 0 Å². The fourth-order valence-electron chi connectivity index (χ4n) is 1.54. The molecule has 0 saturated heterocycles. The molecule has 0 aliphatic heterocycles. The molecule has 0 radical (unpaired) electrons. The van der Waals surface area contributed by atoms with E-state index in [4.69, 9.17) is 9.47 Å². The largest absolute Gasteiger partial charge is 0.493 e. The van der Waals surface area contributed by atoms with Crippen molar-refractivity contribution >= 4 is 12.2 Å². The Balaban J connectivity index is 2.92. The molecule has 0 aliphatic carbocycles. The lowest BCUT2D eigenvalue weighted by atomic mass is 10.2. The first-order chi connectivity index (χ1) is 8.99. The molecule has 104 valence electrons. The average molecular weight is 265 g/mol. The SMILES string of the molecule is COc1cccc(C=O)c1OC(C)C(=O)NC(C)C. The monoisotopic (exact) mass is 265 g/mol. The third-order valence-electron chi connectivity index (χ3n) is 2.45. The summed E-state index contributed by atoms with van der Waals surface area (Å²) in [6.07, 6.45) is -0.0392. The van der Waals surface area contributed by atoms with Crippen LogP contribution in [-0.2, 0) is 4.79 Å². The van der Waals surface area contributed by atoms with E-state index in [-0.39, 0.29) is 17.7 Å². The number of hydrogen-bond acceptors (Lipinski definition) is 4. The van der Waals surface area contributed by atoms with Gasteiger partial charge in [-0.05, 0) is 32.9 Å². The molecule has 1 aromatic carbocycles. The van der Waals surface area contributed by atoms with Crippen LogP contribution >= 0.6 is 0 Å². The summed E-state index contributed by atoms with van der Waals surface area (Å²) in [5.74, 6) is 0.470. The van der Waals surface area contributed by atoms with Crippen LogP contribution in [0.5, 0.6) is 11.5 Å². The highest BCUT2D eigenvalue weighted by molar-refractivity contribution is 5.83. The first-order valence-corrected chi connectivity index (χ1v) is 6.08. The average Bonchev–Trinajstić information content (AvgIpc) is 2.37. The van der Waals surface area contributed by atoms with Gasteiger partial charge in [-0.2, -0.15) is 0 Å². The molecule has 5 heteroatoms. The summed E-state index contributed by atoms with van der Waals surface area (Å²) in [6.45, 7) is 5.36. The molecule has 1 aromatic rings. The van der Waals surface area contributed by atoms with Crippen molar-refractivity contribution in [3.63, 3.8) is 0 Å². The topological polar surface area (TPSA) is 64.6 Å². The first-order valence-electron chi connectivity index (χ1n) is 6.08. The van der Waals surface area contributed by atoms with Gasteiger partial charge in [0, 0.05) is 6.04 Å². The van der Waals surface area contributed by atoms with Gasteiger partial charge >= 0.3 is 0 Å². The van der Waals surface area contributed by atoms with E-state index in [1.807, 2.05) is 13.8 Å². The van der Waals surface area contributed by atoms with Gasteiger partial charge in [-0.15, -0.1) is 0 Å². The van der Waals surface area contributed by atoms with Gasteiger partial charge < -0.3 is 14.8 Å². The molecule has 1 atom stereocenters. The van der Waals surface area contributed by atoms with Gasteiger partial charge in [0.1, 0.15) is 0 Å². The highest BCUT2D eigenvalue weighted by atomic mass is 16.5. The molecule has 1 rings (SSSR count). The Labute approximate surface area is 112 Å². The maximum Gasteiger partial charge on any atom is 0.260 e. The van der Waals surface area contributed by atoms with Gasteiger partial charge in [-0.1, -0.05) is 6.07 Å². The Morgan fingerprint density at radius 1 is 1.32 bits per heavy atom. The van der Waals surface area contributed by atoms with Gasteiger partial charge in [0.25, 0.3) is 5.91 Å². The Hall–Kier alpha value is -2.04. The normalized spacial score (nSPS) is 11.8. The summed E-state index contributed by atoms with van der Waals surface area (Å²) in [4.78, 5) is 22.8. The third kappa shape index (κ3) is 3.98. The van der Waals surface area contributed by atoms with E-state index >= 15 is 0 Å². The van der Waals surface area contributed by atoms with Crippen LogP contribution < -0.4 is 14.8 Å². The van der Waals surface area contributed by atoms with E-state index in [2.05, 4.69) is 5.32 Å². The van der Waals surface area contributed by atoms with Crippen LogP contribution in [0.25, 0.3) is 0 Å². The first kappa shape index (κ1) is 15.0. The number of amides is 1. The summed E-state index contributed by atoms with van der Waals surface area (Å²) in [5.41, 5.74) is 0.351. The van der Waals surface area contributed by atoms with E-state index in [1.54, 1.807) is 25.1 Å². The Morgan fingerprint density at radius 2 is 2.00 bits per heavy atom. The number of para-hydroxylation sites is 1.